The van der Waals surface area contributed by atoms with Crippen molar-refractivity contribution in [2.24, 2.45) is 0 Å². The summed E-state index contributed by atoms with van der Waals surface area (Å²) in [6.45, 7) is 1.87. The number of aromatic nitrogens is 2. The van der Waals surface area contributed by atoms with Gasteiger partial charge in [0.1, 0.15) is 23.2 Å². The highest BCUT2D eigenvalue weighted by atomic mass is 19.1. The molecule has 0 saturated carbocycles. The van der Waals surface area contributed by atoms with Crippen LogP contribution in [0.1, 0.15) is 32.2 Å². The molecule has 0 radical (unpaired) electrons. The summed E-state index contributed by atoms with van der Waals surface area (Å²) < 4.78 is 18.4. The molecule has 0 bridgehead atoms. The highest BCUT2D eigenvalue weighted by Crippen LogP contribution is 2.15. The van der Waals surface area contributed by atoms with Crippen molar-refractivity contribution in [3.8, 4) is 0 Å². The van der Waals surface area contributed by atoms with Crippen molar-refractivity contribution < 1.29 is 18.7 Å². The molecule has 1 amide bonds. The lowest BCUT2D eigenvalue weighted by atomic mass is 10.2. The molecule has 0 aliphatic rings. The van der Waals surface area contributed by atoms with Crippen molar-refractivity contribution in [1.29, 1.82) is 0 Å². The zero-order valence-corrected chi connectivity index (χ0v) is 15.9. The molecular weight excluding hydrogens is 375 g/mol. The molecule has 7 nitrogen and oxygen atoms in total. The Kier molecular flexibility index (Phi) is 6.13. The van der Waals surface area contributed by atoms with Gasteiger partial charge in [-0.3, -0.25) is 4.79 Å². The zero-order valence-electron chi connectivity index (χ0n) is 15.9. The van der Waals surface area contributed by atoms with E-state index in [0.717, 1.165) is 0 Å². The molecule has 8 heteroatoms. The number of halogens is 1. The van der Waals surface area contributed by atoms with Gasteiger partial charge in [-0.2, -0.15) is 0 Å². The summed E-state index contributed by atoms with van der Waals surface area (Å²) in [4.78, 5) is 32.6. The van der Waals surface area contributed by atoms with E-state index in [4.69, 9.17) is 0 Å². The van der Waals surface area contributed by atoms with Gasteiger partial charge < -0.3 is 15.4 Å². The molecule has 2 N–H and O–H groups in total. The number of benzene rings is 2. The van der Waals surface area contributed by atoms with Crippen LogP contribution in [-0.2, 0) is 11.3 Å². The van der Waals surface area contributed by atoms with Crippen LogP contribution < -0.4 is 10.6 Å². The fourth-order valence-corrected chi connectivity index (χ4v) is 2.64. The summed E-state index contributed by atoms with van der Waals surface area (Å²) >= 11 is 0. The Hall–Kier alpha value is -3.81. The fraction of sp³-hybridized carbons (Fsp3) is 0.143. The lowest BCUT2D eigenvalue weighted by Crippen LogP contribution is -2.16. The van der Waals surface area contributed by atoms with Gasteiger partial charge in [0.25, 0.3) is 5.91 Å². The van der Waals surface area contributed by atoms with Crippen LogP contribution >= 0.6 is 0 Å². The molecule has 0 saturated heterocycles. The minimum Gasteiger partial charge on any atom is -0.465 e. The number of anilines is 2. The van der Waals surface area contributed by atoms with Gasteiger partial charge in [0.15, 0.2) is 0 Å². The van der Waals surface area contributed by atoms with E-state index in [1.165, 1.54) is 25.3 Å². The first-order valence-corrected chi connectivity index (χ1v) is 8.79. The topological polar surface area (TPSA) is 93.2 Å². The molecule has 0 fully saturated rings. The number of carbonyl (C=O) groups is 2. The second-order valence-electron chi connectivity index (χ2n) is 6.16. The van der Waals surface area contributed by atoms with Crippen molar-refractivity contribution in [1.82, 2.24) is 9.97 Å². The average molecular weight is 394 g/mol. The molecule has 148 valence electrons. The van der Waals surface area contributed by atoms with Crippen LogP contribution in [0.4, 0.5) is 15.9 Å². The van der Waals surface area contributed by atoms with Gasteiger partial charge in [0.2, 0.25) is 0 Å². The SMILES string of the molecule is COC(=O)c1cccc(NC(=O)c2cc(NCc3ccccc3F)nc(C)n2)c1. The smallest absolute Gasteiger partial charge is 0.337 e. The summed E-state index contributed by atoms with van der Waals surface area (Å²) in [5, 5.41) is 5.69. The Morgan fingerprint density at radius 1 is 1.07 bits per heavy atom. The van der Waals surface area contributed by atoms with Gasteiger partial charge in [-0.25, -0.2) is 19.2 Å². The normalized spacial score (nSPS) is 10.3. The van der Waals surface area contributed by atoms with Crippen LogP contribution in [0.5, 0.6) is 0 Å². The van der Waals surface area contributed by atoms with Gasteiger partial charge in [0, 0.05) is 23.9 Å². The van der Waals surface area contributed by atoms with Gasteiger partial charge >= 0.3 is 5.97 Å². The highest BCUT2D eigenvalue weighted by molar-refractivity contribution is 6.04. The maximum atomic E-state index is 13.8. The van der Waals surface area contributed by atoms with Gasteiger partial charge in [0.05, 0.1) is 12.7 Å². The third-order valence-corrected chi connectivity index (χ3v) is 4.03. The van der Waals surface area contributed by atoms with Gasteiger partial charge in [-0.15, -0.1) is 0 Å². The number of hydrogen-bond acceptors (Lipinski definition) is 6. The number of ether oxygens (including phenoxy) is 1. The van der Waals surface area contributed by atoms with Crippen molar-refractivity contribution in [2.75, 3.05) is 17.7 Å². The summed E-state index contributed by atoms with van der Waals surface area (Å²) in [7, 11) is 1.28. The van der Waals surface area contributed by atoms with E-state index in [-0.39, 0.29) is 18.1 Å². The van der Waals surface area contributed by atoms with E-state index in [1.807, 2.05) is 0 Å². The van der Waals surface area contributed by atoms with Crippen molar-refractivity contribution in [2.45, 2.75) is 13.5 Å². The molecule has 0 aliphatic heterocycles. The number of hydrogen-bond donors (Lipinski definition) is 2. The summed E-state index contributed by atoms with van der Waals surface area (Å²) in [5.41, 5.74) is 1.36. The number of aryl methyl sites for hydroxylation is 1. The molecule has 0 atom stereocenters. The molecule has 0 spiro atoms. The predicted octanol–water partition coefficient (Wildman–Crippen LogP) is 3.58. The number of esters is 1. The summed E-state index contributed by atoms with van der Waals surface area (Å²) in [5.74, 6) is -0.509. The number of carbonyl (C=O) groups excluding carboxylic acids is 2. The largest absolute Gasteiger partial charge is 0.465 e. The molecule has 3 aromatic rings. The maximum absolute atomic E-state index is 13.8. The summed E-state index contributed by atoms with van der Waals surface area (Å²) in [6, 6.07) is 14.3. The van der Waals surface area contributed by atoms with Crippen LogP contribution in [0, 0.1) is 12.7 Å². The van der Waals surface area contributed by atoms with E-state index >= 15 is 0 Å². The number of nitrogens with one attached hydrogen (secondary N) is 2. The van der Waals surface area contributed by atoms with E-state index in [0.29, 0.717) is 28.5 Å². The van der Waals surface area contributed by atoms with Crippen LogP contribution in [0.3, 0.4) is 0 Å². The molecule has 2 aromatic carbocycles. The minimum absolute atomic E-state index is 0.136. The van der Waals surface area contributed by atoms with Crippen LogP contribution in [0.25, 0.3) is 0 Å². The van der Waals surface area contributed by atoms with Crippen LogP contribution in [-0.4, -0.2) is 29.0 Å². The second-order valence-corrected chi connectivity index (χ2v) is 6.16. The first-order valence-electron chi connectivity index (χ1n) is 8.79. The van der Waals surface area contributed by atoms with Gasteiger partial charge in [-0.1, -0.05) is 24.3 Å². The minimum atomic E-state index is -0.501. The molecule has 1 aromatic heterocycles. The third-order valence-electron chi connectivity index (χ3n) is 4.03. The Balaban J connectivity index is 1.74. The third kappa shape index (κ3) is 5.13. The molecule has 3 rings (SSSR count). The maximum Gasteiger partial charge on any atom is 0.337 e. The van der Waals surface area contributed by atoms with E-state index in [2.05, 4.69) is 25.3 Å². The van der Waals surface area contributed by atoms with Crippen molar-refractivity contribution in [3.05, 3.63) is 83.1 Å². The van der Waals surface area contributed by atoms with E-state index in [9.17, 15) is 14.0 Å². The number of rotatable bonds is 6. The Bertz CT molecular complexity index is 1060. The fourth-order valence-electron chi connectivity index (χ4n) is 2.64. The first-order chi connectivity index (χ1) is 14.0. The predicted molar refractivity (Wildman–Crippen MR) is 106 cm³/mol. The summed E-state index contributed by atoms with van der Waals surface area (Å²) in [6.07, 6.45) is 0. The van der Waals surface area contributed by atoms with Crippen LogP contribution in [0.15, 0.2) is 54.6 Å². The number of methoxy groups -OCH3 is 1. The Labute approximate surface area is 167 Å². The number of amides is 1. The zero-order chi connectivity index (χ0) is 20.8. The lowest BCUT2D eigenvalue weighted by molar-refractivity contribution is 0.0600. The quantitative estimate of drug-likeness (QED) is 0.621. The van der Waals surface area contributed by atoms with Gasteiger partial charge in [-0.05, 0) is 31.2 Å². The molecule has 29 heavy (non-hydrogen) atoms. The molecule has 1 heterocycles. The molecule has 0 aliphatic carbocycles. The highest BCUT2D eigenvalue weighted by Gasteiger charge is 2.13. The van der Waals surface area contributed by atoms with E-state index < -0.39 is 11.9 Å². The average Bonchev–Trinajstić information content (AvgIpc) is 2.72. The lowest BCUT2D eigenvalue weighted by Gasteiger charge is -2.10. The van der Waals surface area contributed by atoms with Crippen molar-refractivity contribution >= 4 is 23.4 Å². The molecular formula is C21H19FN4O3. The second kappa shape index (κ2) is 8.92. The molecule has 0 unspecified atom stereocenters. The van der Waals surface area contributed by atoms with E-state index in [1.54, 1.807) is 43.3 Å². The first kappa shape index (κ1) is 19.9. The van der Waals surface area contributed by atoms with Crippen LogP contribution in [0.2, 0.25) is 0 Å². The Morgan fingerprint density at radius 2 is 1.86 bits per heavy atom. The monoisotopic (exact) mass is 394 g/mol. The van der Waals surface area contributed by atoms with Crippen molar-refractivity contribution in [3.63, 3.8) is 0 Å². The standard InChI is InChI=1S/C21H19FN4O3/c1-13-24-18(11-19(25-13)23-12-15-6-3-4-9-17(15)22)20(27)26-16-8-5-7-14(10-16)21(28)29-2/h3-11H,12H2,1-2H3,(H,26,27)(H,23,24,25). The Morgan fingerprint density at radius 3 is 2.62 bits per heavy atom. The number of nitrogens with zero attached hydrogens (tertiary/aromatic N) is 2.